The van der Waals surface area contributed by atoms with E-state index < -0.39 is 29.8 Å². The molecule has 2 heterocycles. The highest BCUT2D eigenvalue weighted by Gasteiger charge is 2.38. The molecule has 0 bridgehead atoms. The van der Waals surface area contributed by atoms with E-state index in [4.69, 9.17) is 0 Å². The van der Waals surface area contributed by atoms with Gasteiger partial charge < -0.3 is 10.0 Å². The summed E-state index contributed by atoms with van der Waals surface area (Å²) >= 11 is 0. The molecular formula is C17H16F3N3O2. The Bertz CT molecular complexity index is 777. The molecule has 0 unspecified atom stereocenters. The van der Waals surface area contributed by atoms with Crippen LogP contribution in [0, 0.1) is 6.92 Å². The third kappa shape index (κ3) is 3.63. The zero-order valence-electron chi connectivity index (χ0n) is 13.4. The first-order valence-corrected chi connectivity index (χ1v) is 7.70. The average molecular weight is 351 g/mol. The number of nitrogens with zero attached hydrogens (tertiary/aromatic N) is 3. The van der Waals surface area contributed by atoms with Crippen molar-refractivity contribution in [3.63, 3.8) is 0 Å². The molecule has 1 saturated heterocycles. The number of β-amino-alcohol motifs (C(OH)–C–C–N with tert-alkyl or cyclic N) is 1. The van der Waals surface area contributed by atoms with Crippen molar-refractivity contribution < 1.29 is 23.1 Å². The Labute approximate surface area is 142 Å². The maximum absolute atomic E-state index is 12.9. The molecule has 1 aliphatic heterocycles. The molecule has 1 N–H and O–H groups in total. The summed E-state index contributed by atoms with van der Waals surface area (Å²) in [5, 5.41) is 9.95. The van der Waals surface area contributed by atoms with Gasteiger partial charge in [0.1, 0.15) is 5.69 Å². The summed E-state index contributed by atoms with van der Waals surface area (Å²) in [5.41, 5.74) is 0.290. The summed E-state index contributed by atoms with van der Waals surface area (Å²) in [6, 6.07) is 4.18. The molecule has 0 spiro atoms. The Balaban J connectivity index is 1.92. The average Bonchev–Trinajstić information content (AvgIpc) is 2.96. The number of aromatic nitrogens is 2. The van der Waals surface area contributed by atoms with E-state index in [1.807, 2.05) is 0 Å². The topological polar surface area (TPSA) is 66.3 Å². The van der Waals surface area contributed by atoms with Crippen LogP contribution < -0.4 is 0 Å². The van der Waals surface area contributed by atoms with Crippen molar-refractivity contribution >= 4 is 5.91 Å². The van der Waals surface area contributed by atoms with Crippen LogP contribution in [0.4, 0.5) is 13.2 Å². The Morgan fingerprint density at radius 3 is 2.68 bits per heavy atom. The number of carbonyl (C=O) groups is 1. The molecule has 1 amide bonds. The van der Waals surface area contributed by atoms with Crippen LogP contribution in [-0.2, 0) is 6.18 Å². The van der Waals surface area contributed by atoms with E-state index in [-0.39, 0.29) is 18.7 Å². The lowest BCUT2D eigenvalue weighted by Crippen LogP contribution is -2.32. The number of rotatable bonds is 2. The quantitative estimate of drug-likeness (QED) is 0.904. The van der Waals surface area contributed by atoms with Gasteiger partial charge in [0.15, 0.2) is 0 Å². The number of aliphatic hydroxyl groups is 1. The fourth-order valence-electron chi connectivity index (χ4n) is 2.93. The lowest BCUT2D eigenvalue weighted by atomic mass is 10.0. The fraction of sp³-hybridized carbons (Fsp3) is 0.353. The van der Waals surface area contributed by atoms with Crippen molar-refractivity contribution in [3.05, 3.63) is 59.2 Å². The van der Waals surface area contributed by atoms with Crippen molar-refractivity contribution in [2.75, 3.05) is 6.54 Å². The highest BCUT2D eigenvalue weighted by Crippen LogP contribution is 2.36. The maximum atomic E-state index is 12.9. The maximum Gasteiger partial charge on any atom is 0.416 e. The molecule has 1 fully saturated rings. The van der Waals surface area contributed by atoms with Crippen LogP contribution in [0.15, 0.2) is 36.7 Å². The predicted molar refractivity (Wildman–Crippen MR) is 82.6 cm³/mol. The first-order valence-electron chi connectivity index (χ1n) is 7.70. The zero-order valence-corrected chi connectivity index (χ0v) is 13.4. The monoisotopic (exact) mass is 351 g/mol. The number of hydrogen-bond acceptors (Lipinski definition) is 4. The Morgan fingerprint density at radius 1 is 1.28 bits per heavy atom. The smallest absolute Gasteiger partial charge is 0.391 e. The second-order valence-electron chi connectivity index (χ2n) is 6.03. The summed E-state index contributed by atoms with van der Waals surface area (Å²) in [7, 11) is 0. The number of aryl methyl sites for hydroxylation is 1. The van der Waals surface area contributed by atoms with Crippen molar-refractivity contribution in [3.8, 4) is 0 Å². The molecule has 0 aliphatic carbocycles. The van der Waals surface area contributed by atoms with Crippen LogP contribution in [-0.4, -0.2) is 38.5 Å². The van der Waals surface area contributed by atoms with E-state index in [0.29, 0.717) is 11.3 Å². The van der Waals surface area contributed by atoms with E-state index in [1.165, 1.54) is 29.4 Å². The number of aliphatic hydroxyl groups excluding tert-OH is 1. The third-order valence-electron chi connectivity index (χ3n) is 4.14. The molecule has 1 aromatic heterocycles. The lowest BCUT2D eigenvalue weighted by Gasteiger charge is -2.25. The first kappa shape index (κ1) is 17.3. The van der Waals surface area contributed by atoms with E-state index in [2.05, 4.69) is 9.97 Å². The molecule has 25 heavy (non-hydrogen) atoms. The third-order valence-corrected chi connectivity index (χ3v) is 4.14. The molecule has 1 aliphatic rings. The first-order chi connectivity index (χ1) is 11.8. The number of likely N-dealkylation sites (tertiary alicyclic amines) is 1. The van der Waals surface area contributed by atoms with Crippen LogP contribution in [0.1, 0.15) is 39.8 Å². The molecule has 2 atom stereocenters. The summed E-state index contributed by atoms with van der Waals surface area (Å²) in [6.07, 6.45) is -2.33. The second kappa shape index (κ2) is 6.44. The van der Waals surface area contributed by atoms with E-state index in [0.717, 1.165) is 12.1 Å². The van der Waals surface area contributed by atoms with Crippen molar-refractivity contribution in [1.29, 1.82) is 0 Å². The van der Waals surface area contributed by atoms with Crippen LogP contribution in [0.2, 0.25) is 0 Å². The lowest BCUT2D eigenvalue weighted by molar-refractivity contribution is -0.137. The highest BCUT2D eigenvalue weighted by atomic mass is 19.4. The summed E-state index contributed by atoms with van der Waals surface area (Å²) < 4.78 is 38.8. The van der Waals surface area contributed by atoms with Gasteiger partial charge in [-0.1, -0.05) is 12.1 Å². The van der Waals surface area contributed by atoms with Crippen molar-refractivity contribution in [2.24, 2.45) is 0 Å². The molecule has 0 radical (unpaired) electrons. The van der Waals surface area contributed by atoms with Gasteiger partial charge in [-0.3, -0.25) is 9.78 Å². The number of alkyl halides is 3. The minimum Gasteiger partial charge on any atom is -0.391 e. The SMILES string of the molecule is Cc1cnc(C(=O)N2C[C@@H](O)C[C@H]2c2cccc(C(F)(F)F)c2)cn1. The van der Waals surface area contributed by atoms with Gasteiger partial charge in [0.25, 0.3) is 5.91 Å². The van der Waals surface area contributed by atoms with E-state index >= 15 is 0 Å². The molecule has 1 aromatic carbocycles. The number of halogens is 3. The summed E-state index contributed by atoms with van der Waals surface area (Å²) in [6.45, 7) is 1.77. The van der Waals surface area contributed by atoms with Gasteiger partial charge in [0.2, 0.25) is 0 Å². The number of benzene rings is 1. The van der Waals surface area contributed by atoms with Gasteiger partial charge in [-0.15, -0.1) is 0 Å². The van der Waals surface area contributed by atoms with Gasteiger partial charge in [-0.05, 0) is 31.0 Å². The highest BCUT2D eigenvalue weighted by molar-refractivity contribution is 5.92. The molecule has 8 heteroatoms. The zero-order chi connectivity index (χ0) is 18.2. The van der Waals surface area contributed by atoms with Crippen molar-refractivity contribution in [1.82, 2.24) is 14.9 Å². The Morgan fingerprint density at radius 2 is 2.04 bits per heavy atom. The van der Waals surface area contributed by atoms with Gasteiger partial charge in [0, 0.05) is 12.7 Å². The second-order valence-corrected chi connectivity index (χ2v) is 6.03. The Kier molecular flexibility index (Phi) is 4.47. The minimum atomic E-state index is -4.47. The van der Waals surface area contributed by atoms with Crippen molar-refractivity contribution in [2.45, 2.75) is 31.7 Å². The van der Waals surface area contributed by atoms with E-state index in [9.17, 15) is 23.1 Å². The van der Waals surface area contributed by atoms with Crippen LogP contribution in [0.3, 0.4) is 0 Å². The molecule has 0 saturated carbocycles. The largest absolute Gasteiger partial charge is 0.416 e. The van der Waals surface area contributed by atoms with Crippen LogP contribution >= 0.6 is 0 Å². The fourth-order valence-corrected chi connectivity index (χ4v) is 2.93. The van der Waals surface area contributed by atoms with Gasteiger partial charge in [0.05, 0.1) is 29.6 Å². The van der Waals surface area contributed by atoms with Gasteiger partial charge >= 0.3 is 6.18 Å². The molecule has 3 rings (SSSR count). The summed E-state index contributed by atoms with van der Waals surface area (Å²) in [4.78, 5) is 22.0. The molecular weight excluding hydrogens is 335 g/mol. The molecule has 2 aromatic rings. The van der Waals surface area contributed by atoms with Crippen LogP contribution in [0.5, 0.6) is 0 Å². The van der Waals surface area contributed by atoms with E-state index in [1.54, 1.807) is 6.92 Å². The standard InChI is InChI=1S/C17H16F3N3O2/c1-10-7-22-14(8-21-10)16(25)23-9-13(24)6-15(23)11-3-2-4-12(5-11)17(18,19)20/h2-5,7-8,13,15,24H,6,9H2,1H3/t13-,15-/m0/s1. The number of hydrogen-bond donors (Lipinski definition) is 1. The summed E-state index contributed by atoms with van der Waals surface area (Å²) in [5.74, 6) is -0.466. The minimum absolute atomic E-state index is 0.0370. The predicted octanol–water partition coefficient (Wildman–Crippen LogP) is 2.75. The normalized spacial score (nSPS) is 20.8. The number of amides is 1. The Hall–Kier alpha value is -2.48. The number of carbonyl (C=O) groups excluding carboxylic acids is 1. The van der Waals surface area contributed by atoms with Gasteiger partial charge in [-0.25, -0.2) is 4.98 Å². The molecule has 132 valence electrons. The molecule has 5 nitrogen and oxygen atoms in total. The van der Waals surface area contributed by atoms with Crippen LogP contribution in [0.25, 0.3) is 0 Å². The van der Waals surface area contributed by atoms with Gasteiger partial charge in [-0.2, -0.15) is 13.2 Å².